The van der Waals surface area contributed by atoms with Crippen LogP contribution in [-0.2, 0) is 0 Å². The first-order valence-corrected chi connectivity index (χ1v) is 5.25. The zero-order valence-electron chi connectivity index (χ0n) is 8.41. The molecule has 0 saturated heterocycles. The molecule has 7 heteroatoms. The second-order valence-electron chi connectivity index (χ2n) is 3.26. The molecule has 0 unspecified atom stereocenters. The van der Waals surface area contributed by atoms with Crippen LogP contribution in [0.4, 0.5) is 0 Å². The number of guanidine groups is 1. The number of carbonyl (C=O) groups is 1. The van der Waals surface area contributed by atoms with Crippen LogP contribution < -0.4 is 11.5 Å². The molecule has 0 radical (unpaired) electrons. The number of rotatable bonds is 1. The maximum atomic E-state index is 11.6. The Labute approximate surface area is 106 Å². The van der Waals surface area contributed by atoms with Gasteiger partial charge in [0.15, 0.2) is 5.96 Å². The molecule has 2 aromatic rings. The fourth-order valence-corrected chi connectivity index (χ4v) is 1.71. The molecule has 1 aromatic heterocycles. The first-order valence-electron chi connectivity index (χ1n) is 4.49. The van der Waals surface area contributed by atoms with E-state index >= 15 is 0 Å². The summed E-state index contributed by atoms with van der Waals surface area (Å²) in [6.45, 7) is 0. The van der Waals surface area contributed by atoms with E-state index in [1.165, 1.54) is 12.3 Å². The zero-order valence-corrected chi connectivity index (χ0v) is 9.92. The van der Waals surface area contributed by atoms with Gasteiger partial charge in [0.25, 0.3) is 0 Å². The Balaban J connectivity index is 2.60. The van der Waals surface area contributed by atoms with Gasteiger partial charge in [-0.05, 0) is 12.1 Å². The molecule has 0 fully saturated rings. The lowest BCUT2D eigenvalue weighted by Gasteiger charge is -1.96. The molecule has 0 aliphatic heterocycles. The van der Waals surface area contributed by atoms with Gasteiger partial charge in [0.05, 0.1) is 16.3 Å². The van der Waals surface area contributed by atoms with Crippen molar-refractivity contribution in [3.63, 3.8) is 0 Å². The molecule has 2 rings (SSSR count). The predicted molar refractivity (Wildman–Crippen MR) is 66.4 cm³/mol. The molecule has 0 aliphatic carbocycles. The van der Waals surface area contributed by atoms with Crippen LogP contribution >= 0.6 is 23.2 Å². The van der Waals surface area contributed by atoms with Crippen molar-refractivity contribution in [2.75, 3.05) is 0 Å². The van der Waals surface area contributed by atoms with Gasteiger partial charge in [-0.2, -0.15) is 4.99 Å². The van der Waals surface area contributed by atoms with Crippen LogP contribution in [0, 0.1) is 0 Å². The molecule has 4 N–H and O–H groups in total. The summed E-state index contributed by atoms with van der Waals surface area (Å²) in [6.07, 6.45) is 1.38. The topological polar surface area (TPSA) is 94.6 Å². The summed E-state index contributed by atoms with van der Waals surface area (Å²) in [7, 11) is 0. The minimum Gasteiger partial charge on any atom is -0.458 e. The molecule has 1 heterocycles. The van der Waals surface area contributed by atoms with E-state index in [0.717, 1.165) is 0 Å². The molecule has 0 atom stereocenters. The molecule has 88 valence electrons. The van der Waals surface area contributed by atoms with Gasteiger partial charge in [-0.1, -0.05) is 23.2 Å². The van der Waals surface area contributed by atoms with Gasteiger partial charge in [0.1, 0.15) is 0 Å². The van der Waals surface area contributed by atoms with E-state index in [1.807, 2.05) is 0 Å². The number of hydrogen-bond donors (Lipinski definition) is 2. The van der Waals surface area contributed by atoms with E-state index < -0.39 is 5.91 Å². The van der Waals surface area contributed by atoms with Crippen LogP contribution in [0.25, 0.3) is 10.8 Å². The SMILES string of the molecule is NC(N)=NC(=O)c1occ2cc(Cl)c(Cl)cc12. The Morgan fingerprint density at radius 1 is 1.24 bits per heavy atom. The number of amides is 1. The van der Waals surface area contributed by atoms with Crippen molar-refractivity contribution >= 4 is 45.8 Å². The summed E-state index contributed by atoms with van der Waals surface area (Å²) in [6, 6.07) is 3.12. The summed E-state index contributed by atoms with van der Waals surface area (Å²) in [4.78, 5) is 15.0. The van der Waals surface area contributed by atoms with E-state index in [-0.39, 0.29) is 11.7 Å². The fraction of sp³-hybridized carbons (Fsp3) is 0. The Morgan fingerprint density at radius 3 is 2.53 bits per heavy atom. The summed E-state index contributed by atoms with van der Waals surface area (Å²) >= 11 is 11.7. The number of furan rings is 1. The number of hydrogen-bond acceptors (Lipinski definition) is 2. The molecular weight excluding hydrogens is 265 g/mol. The number of benzene rings is 1. The Hall–Kier alpha value is -1.72. The Morgan fingerprint density at radius 2 is 1.88 bits per heavy atom. The number of fused-ring (bicyclic) bond motifs is 1. The standard InChI is InChI=1S/C10H7Cl2N3O2/c11-6-1-4-3-17-8(5(4)2-7(6)12)9(16)15-10(13)14/h1-3H,(H4,13,14,15,16). The van der Waals surface area contributed by atoms with Gasteiger partial charge in [-0.15, -0.1) is 0 Å². The van der Waals surface area contributed by atoms with Gasteiger partial charge < -0.3 is 15.9 Å². The summed E-state index contributed by atoms with van der Waals surface area (Å²) in [5.41, 5.74) is 10.2. The number of halogens is 2. The van der Waals surface area contributed by atoms with Crippen molar-refractivity contribution in [2.24, 2.45) is 16.5 Å². The number of nitrogens with zero attached hydrogens (tertiary/aromatic N) is 1. The number of carbonyl (C=O) groups excluding carboxylic acids is 1. The van der Waals surface area contributed by atoms with E-state index in [2.05, 4.69) is 4.99 Å². The first-order chi connectivity index (χ1) is 7.99. The highest BCUT2D eigenvalue weighted by atomic mass is 35.5. The molecule has 0 aliphatic rings. The minimum atomic E-state index is -0.668. The van der Waals surface area contributed by atoms with Gasteiger partial charge in [0, 0.05) is 10.8 Å². The highest BCUT2D eigenvalue weighted by Gasteiger charge is 2.16. The van der Waals surface area contributed by atoms with Crippen LogP contribution in [0.2, 0.25) is 10.0 Å². The minimum absolute atomic E-state index is 0.0203. The van der Waals surface area contributed by atoms with Crippen molar-refractivity contribution in [1.29, 1.82) is 0 Å². The molecule has 0 saturated carbocycles. The lowest BCUT2D eigenvalue weighted by molar-refractivity contribution is 0.0978. The third-order valence-corrected chi connectivity index (χ3v) is 2.79. The number of aliphatic imine (C=N–C) groups is 1. The molecule has 17 heavy (non-hydrogen) atoms. The molecule has 0 spiro atoms. The van der Waals surface area contributed by atoms with Gasteiger partial charge in [0.2, 0.25) is 5.76 Å². The van der Waals surface area contributed by atoms with E-state index in [9.17, 15) is 4.79 Å². The first kappa shape index (κ1) is 11.8. The van der Waals surface area contributed by atoms with Crippen LogP contribution in [0.15, 0.2) is 27.8 Å². The van der Waals surface area contributed by atoms with Crippen molar-refractivity contribution in [2.45, 2.75) is 0 Å². The lowest BCUT2D eigenvalue weighted by Crippen LogP contribution is -2.24. The molecular formula is C10H7Cl2N3O2. The second-order valence-corrected chi connectivity index (χ2v) is 4.07. The third-order valence-electron chi connectivity index (χ3n) is 2.07. The summed E-state index contributed by atoms with van der Waals surface area (Å²) < 4.78 is 5.10. The fourth-order valence-electron chi connectivity index (χ4n) is 1.38. The van der Waals surface area contributed by atoms with E-state index in [1.54, 1.807) is 6.07 Å². The van der Waals surface area contributed by atoms with Crippen molar-refractivity contribution in [3.05, 3.63) is 34.2 Å². The zero-order chi connectivity index (χ0) is 12.6. The summed E-state index contributed by atoms with van der Waals surface area (Å²) in [5, 5.41) is 1.85. The van der Waals surface area contributed by atoms with Crippen molar-refractivity contribution in [3.8, 4) is 0 Å². The molecule has 1 amide bonds. The normalized spacial score (nSPS) is 10.5. The Kier molecular flexibility index (Phi) is 2.95. The van der Waals surface area contributed by atoms with Crippen LogP contribution in [0.5, 0.6) is 0 Å². The predicted octanol–water partition coefficient (Wildman–Crippen LogP) is 2.15. The van der Waals surface area contributed by atoms with Crippen molar-refractivity contribution in [1.82, 2.24) is 0 Å². The molecule has 1 aromatic carbocycles. The summed E-state index contributed by atoms with van der Waals surface area (Å²) in [5.74, 6) is -0.982. The highest BCUT2D eigenvalue weighted by Crippen LogP contribution is 2.31. The number of nitrogens with two attached hydrogens (primary N) is 2. The largest absolute Gasteiger partial charge is 0.458 e. The highest BCUT2D eigenvalue weighted by molar-refractivity contribution is 6.43. The molecule has 0 bridgehead atoms. The molecule has 5 nitrogen and oxygen atoms in total. The van der Waals surface area contributed by atoms with Gasteiger partial charge in [-0.3, -0.25) is 4.79 Å². The Bertz CT molecular complexity index is 630. The van der Waals surface area contributed by atoms with Gasteiger partial charge in [-0.25, -0.2) is 0 Å². The maximum Gasteiger partial charge on any atom is 0.316 e. The van der Waals surface area contributed by atoms with Crippen LogP contribution in [0.1, 0.15) is 10.6 Å². The monoisotopic (exact) mass is 271 g/mol. The van der Waals surface area contributed by atoms with E-state index in [0.29, 0.717) is 20.8 Å². The quantitative estimate of drug-likeness (QED) is 0.614. The second kappa shape index (κ2) is 4.27. The average molecular weight is 272 g/mol. The van der Waals surface area contributed by atoms with Crippen molar-refractivity contribution < 1.29 is 9.21 Å². The lowest BCUT2D eigenvalue weighted by atomic mass is 10.2. The third kappa shape index (κ3) is 2.20. The van der Waals surface area contributed by atoms with E-state index in [4.69, 9.17) is 39.1 Å². The van der Waals surface area contributed by atoms with Crippen LogP contribution in [0.3, 0.4) is 0 Å². The smallest absolute Gasteiger partial charge is 0.316 e. The van der Waals surface area contributed by atoms with Crippen LogP contribution in [-0.4, -0.2) is 11.9 Å². The average Bonchev–Trinajstić information content (AvgIpc) is 2.60. The van der Waals surface area contributed by atoms with Gasteiger partial charge >= 0.3 is 5.91 Å². The maximum absolute atomic E-state index is 11.6.